The SMILES string of the molecule is CC(C)c1cccc(-c2ccc3ncc(N4CCOCC4)nc3c2)c1. The Balaban J connectivity index is 1.72. The summed E-state index contributed by atoms with van der Waals surface area (Å²) in [6, 6.07) is 15.1. The fourth-order valence-electron chi connectivity index (χ4n) is 3.20. The summed E-state index contributed by atoms with van der Waals surface area (Å²) < 4.78 is 5.43. The van der Waals surface area contributed by atoms with Crippen LogP contribution in [0.1, 0.15) is 25.3 Å². The molecule has 2 aromatic carbocycles. The van der Waals surface area contributed by atoms with Gasteiger partial charge in [-0.1, -0.05) is 44.2 Å². The summed E-state index contributed by atoms with van der Waals surface area (Å²) in [4.78, 5) is 11.7. The van der Waals surface area contributed by atoms with Crippen molar-refractivity contribution in [3.8, 4) is 11.1 Å². The normalized spacial score (nSPS) is 15.1. The van der Waals surface area contributed by atoms with Crippen LogP contribution in [0.3, 0.4) is 0 Å². The van der Waals surface area contributed by atoms with E-state index in [0.29, 0.717) is 5.92 Å². The number of benzene rings is 2. The molecule has 1 aliphatic heterocycles. The molecule has 1 fully saturated rings. The van der Waals surface area contributed by atoms with Gasteiger partial charge in [-0.25, -0.2) is 4.98 Å². The largest absolute Gasteiger partial charge is 0.378 e. The average Bonchev–Trinajstić information content (AvgIpc) is 2.68. The maximum atomic E-state index is 5.43. The lowest BCUT2D eigenvalue weighted by Gasteiger charge is -2.27. The van der Waals surface area contributed by atoms with E-state index in [-0.39, 0.29) is 0 Å². The molecule has 4 rings (SSSR count). The van der Waals surface area contributed by atoms with Gasteiger partial charge in [0.05, 0.1) is 30.4 Å². The number of morpholine rings is 1. The summed E-state index contributed by atoms with van der Waals surface area (Å²) in [7, 11) is 0. The number of rotatable bonds is 3. The highest BCUT2D eigenvalue weighted by Crippen LogP contribution is 2.27. The second kappa shape index (κ2) is 6.81. The smallest absolute Gasteiger partial charge is 0.148 e. The third-order valence-electron chi connectivity index (χ3n) is 4.75. The Morgan fingerprint density at radius 2 is 1.76 bits per heavy atom. The summed E-state index contributed by atoms with van der Waals surface area (Å²) >= 11 is 0. The van der Waals surface area contributed by atoms with Gasteiger partial charge in [0.1, 0.15) is 5.82 Å². The molecule has 0 unspecified atom stereocenters. The van der Waals surface area contributed by atoms with Crippen molar-refractivity contribution in [3.05, 3.63) is 54.2 Å². The first kappa shape index (κ1) is 16.0. The number of fused-ring (bicyclic) bond motifs is 1. The molecule has 0 spiro atoms. The summed E-state index contributed by atoms with van der Waals surface area (Å²) in [6.45, 7) is 7.69. The number of nitrogens with zero attached hydrogens (tertiary/aromatic N) is 3. The van der Waals surface area contributed by atoms with Crippen LogP contribution < -0.4 is 4.90 Å². The molecule has 1 aromatic heterocycles. The van der Waals surface area contributed by atoms with Gasteiger partial charge in [0.2, 0.25) is 0 Å². The van der Waals surface area contributed by atoms with E-state index >= 15 is 0 Å². The van der Waals surface area contributed by atoms with Crippen molar-refractivity contribution in [2.45, 2.75) is 19.8 Å². The van der Waals surface area contributed by atoms with E-state index in [0.717, 1.165) is 43.2 Å². The van der Waals surface area contributed by atoms with E-state index in [4.69, 9.17) is 9.72 Å². The lowest BCUT2D eigenvalue weighted by Crippen LogP contribution is -2.36. The molecule has 0 radical (unpaired) electrons. The van der Waals surface area contributed by atoms with Crippen molar-refractivity contribution in [2.24, 2.45) is 0 Å². The van der Waals surface area contributed by atoms with Crippen LogP contribution >= 0.6 is 0 Å². The molecule has 0 bridgehead atoms. The average molecular weight is 333 g/mol. The van der Waals surface area contributed by atoms with Crippen molar-refractivity contribution < 1.29 is 4.74 Å². The molecule has 0 N–H and O–H groups in total. The predicted molar refractivity (Wildman–Crippen MR) is 102 cm³/mol. The molecular formula is C21H23N3O. The van der Waals surface area contributed by atoms with Crippen molar-refractivity contribution in [1.82, 2.24) is 9.97 Å². The Kier molecular flexibility index (Phi) is 4.36. The van der Waals surface area contributed by atoms with E-state index in [9.17, 15) is 0 Å². The van der Waals surface area contributed by atoms with Crippen LogP contribution in [0.2, 0.25) is 0 Å². The Bertz CT molecular complexity index is 885. The molecule has 1 saturated heterocycles. The minimum Gasteiger partial charge on any atom is -0.378 e. The van der Waals surface area contributed by atoms with Gasteiger partial charge < -0.3 is 9.64 Å². The molecule has 0 aliphatic carbocycles. The number of hydrogen-bond donors (Lipinski definition) is 0. The lowest BCUT2D eigenvalue weighted by molar-refractivity contribution is 0.122. The highest BCUT2D eigenvalue weighted by Gasteiger charge is 2.13. The van der Waals surface area contributed by atoms with Crippen molar-refractivity contribution >= 4 is 16.9 Å². The standard InChI is InChI=1S/C21H23N3O/c1-15(2)16-4-3-5-17(12-16)18-6-7-19-20(13-18)23-21(14-22-19)24-8-10-25-11-9-24/h3-7,12-15H,8-11H2,1-2H3. The van der Waals surface area contributed by atoms with Crippen LogP contribution in [0.25, 0.3) is 22.2 Å². The van der Waals surface area contributed by atoms with Gasteiger partial charge in [-0.2, -0.15) is 0 Å². The van der Waals surface area contributed by atoms with Gasteiger partial charge in [-0.3, -0.25) is 4.98 Å². The topological polar surface area (TPSA) is 38.2 Å². The monoisotopic (exact) mass is 333 g/mol. The number of anilines is 1. The Morgan fingerprint density at radius 1 is 0.960 bits per heavy atom. The van der Waals surface area contributed by atoms with Crippen molar-refractivity contribution in [2.75, 3.05) is 31.2 Å². The fraction of sp³-hybridized carbons (Fsp3) is 0.333. The zero-order chi connectivity index (χ0) is 17.2. The minimum absolute atomic E-state index is 0.521. The second-order valence-corrected chi connectivity index (χ2v) is 6.81. The molecule has 25 heavy (non-hydrogen) atoms. The molecule has 3 aromatic rings. The fourth-order valence-corrected chi connectivity index (χ4v) is 3.20. The summed E-state index contributed by atoms with van der Waals surface area (Å²) in [6.07, 6.45) is 1.87. The first-order chi connectivity index (χ1) is 12.2. The number of hydrogen-bond acceptors (Lipinski definition) is 4. The van der Waals surface area contributed by atoms with E-state index < -0.39 is 0 Å². The summed E-state index contributed by atoms with van der Waals surface area (Å²) in [5.74, 6) is 1.46. The predicted octanol–water partition coefficient (Wildman–Crippen LogP) is 4.26. The van der Waals surface area contributed by atoms with Gasteiger partial charge in [-0.05, 0) is 34.7 Å². The van der Waals surface area contributed by atoms with Gasteiger partial charge in [0, 0.05) is 13.1 Å². The molecule has 1 aliphatic rings. The number of aromatic nitrogens is 2. The molecule has 0 atom stereocenters. The third kappa shape index (κ3) is 3.35. The maximum Gasteiger partial charge on any atom is 0.148 e. The zero-order valence-electron chi connectivity index (χ0n) is 14.8. The lowest BCUT2D eigenvalue weighted by atomic mass is 9.97. The summed E-state index contributed by atoms with van der Waals surface area (Å²) in [5, 5.41) is 0. The minimum atomic E-state index is 0.521. The third-order valence-corrected chi connectivity index (χ3v) is 4.75. The van der Waals surface area contributed by atoms with Crippen molar-refractivity contribution in [3.63, 3.8) is 0 Å². The van der Waals surface area contributed by atoms with Crippen LogP contribution in [0, 0.1) is 0 Å². The van der Waals surface area contributed by atoms with Crippen LogP contribution in [0.5, 0.6) is 0 Å². The van der Waals surface area contributed by atoms with Gasteiger partial charge in [0.25, 0.3) is 0 Å². The van der Waals surface area contributed by atoms with E-state index in [1.54, 1.807) is 0 Å². The quantitative estimate of drug-likeness (QED) is 0.718. The Labute approximate surface area is 148 Å². The van der Waals surface area contributed by atoms with Crippen LogP contribution in [0.15, 0.2) is 48.7 Å². The molecule has 4 nitrogen and oxygen atoms in total. The Morgan fingerprint density at radius 3 is 2.56 bits per heavy atom. The zero-order valence-corrected chi connectivity index (χ0v) is 14.8. The summed E-state index contributed by atoms with van der Waals surface area (Å²) in [5.41, 5.74) is 5.64. The molecule has 0 amide bonds. The van der Waals surface area contributed by atoms with Crippen molar-refractivity contribution in [1.29, 1.82) is 0 Å². The maximum absolute atomic E-state index is 5.43. The first-order valence-corrected chi connectivity index (χ1v) is 8.90. The Hall–Kier alpha value is -2.46. The van der Waals surface area contributed by atoms with E-state index in [1.807, 2.05) is 6.20 Å². The number of ether oxygens (including phenoxy) is 1. The van der Waals surface area contributed by atoms with Gasteiger partial charge in [-0.15, -0.1) is 0 Å². The van der Waals surface area contributed by atoms with Gasteiger partial charge in [0.15, 0.2) is 0 Å². The van der Waals surface area contributed by atoms with Crippen LogP contribution in [0.4, 0.5) is 5.82 Å². The molecule has 2 heterocycles. The van der Waals surface area contributed by atoms with E-state index in [2.05, 4.69) is 66.2 Å². The van der Waals surface area contributed by atoms with Crippen LogP contribution in [-0.4, -0.2) is 36.3 Å². The second-order valence-electron chi connectivity index (χ2n) is 6.81. The molecule has 128 valence electrons. The molecule has 0 saturated carbocycles. The highest BCUT2D eigenvalue weighted by molar-refractivity contribution is 5.82. The molecule has 4 heteroatoms. The van der Waals surface area contributed by atoms with E-state index in [1.165, 1.54) is 16.7 Å². The highest BCUT2D eigenvalue weighted by atomic mass is 16.5. The van der Waals surface area contributed by atoms with Crippen LogP contribution in [-0.2, 0) is 4.74 Å². The molecular weight excluding hydrogens is 310 g/mol. The van der Waals surface area contributed by atoms with Gasteiger partial charge >= 0.3 is 0 Å². The first-order valence-electron chi connectivity index (χ1n) is 8.90.